The molecule has 8 heteroatoms. The molecule has 0 aliphatic carbocycles. The molecule has 1 aliphatic rings. The van der Waals surface area contributed by atoms with E-state index >= 15 is 0 Å². The average molecular weight is 426 g/mol. The van der Waals surface area contributed by atoms with Crippen molar-refractivity contribution in [1.82, 2.24) is 4.31 Å². The van der Waals surface area contributed by atoms with Crippen LogP contribution >= 0.6 is 11.6 Å². The third-order valence-corrected chi connectivity index (χ3v) is 6.72. The molecule has 0 radical (unpaired) electrons. The summed E-state index contributed by atoms with van der Waals surface area (Å²) in [7, 11) is -3.84. The average Bonchev–Trinajstić information content (AvgIpc) is 3.12. The van der Waals surface area contributed by atoms with Crippen molar-refractivity contribution in [2.24, 2.45) is 5.92 Å². The summed E-state index contributed by atoms with van der Waals surface area (Å²) in [5.41, 5.74) is 0.754. The number of halogens is 1. The molecule has 0 saturated heterocycles. The Balaban J connectivity index is 1.97. The van der Waals surface area contributed by atoms with Crippen LogP contribution in [-0.2, 0) is 16.6 Å². The van der Waals surface area contributed by atoms with Crippen LogP contribution in [0.5, 0.6) is 11.5 Å². The van der Waals surface area contributed by atoms with Crippen molar-refractivity contribution < 1.29 is 23.0 Å². The van der Waals surface area contributed by atoms with Crippen LogP contribution in [0.25, 0.3) is 0 Å². The zero-order chi connectivity index (χ0) is 20.3. The lowest BCUT2D eigenvalue weighted by molar-refractivity contribution is 0.164. The molecule has 0 saturated carbocycles. The van der Waals surface area contributed by atoms with Gasteiger partial charge in [0.2, 0.25) is 16.8 Å². The van der Waals surface area contributed by atoms with Gasteiger partial charge >= 0.3 is 0 Å². The van der Waals surface area contributed by atoms with Crippen LogP contribution in [0.2, 0.25) is 5.02 Å². The highest BCUT2D eigenvalue weighted by Crippen LogP contribution is 2.34. The number of aliphatic hydroxyl groups is 1. The highest BCUT2D eigenvalue weighted by atomic mass is 35.5. The van der Waals surface area contributed by atoms with Gasteiger partial charge in [-0.15, -0.1) is 0 Å². The second-order valence-electron chi connectivity index (χ2n) is 7.16. The first kappa shape index (κ1) is 20.9. The van der Waals surface area contributed by atoms with Gasteiger partial charge in [-0.1, -0.05) is 31.5 Å². The van der Waals surface area contributed by atoms with Crippen LogP contribution in [0, 0.1) is 5.92 Å². The molecule has 1 N–H and O–H groups in total. The third-order valence-electron chi connectivity index (χ3n) is 4.56. The molecule has 0 spiro atoms. The standard InChI is InChI=1S/C20H24ClNO5S/c1-14(2)9-17(12-23)22(28(24,25)18-6-4-16(21)5-7-18)11-15-3-8-19-20(10-15)27-13-26-19/h3-8,10,14,17,23H,9,11-13H2,1-2H3/t17-/m0/s1. The summed E-state index contributed by atoms with van der Waals surface area (Å²) < 4.78 is 38.8. The highest BCUT2D eigenvalue weighted by molar-refractivity contribution is 7.89. The number of rotatable bonds is 8. The maximum absolute atomic E-state index is 13.4. The number of sulfonamides is 1. The van der Waals surface area contributed by atoms with E-state index in [0.717, 1.165) is 5.56 Å². The van der Waals surface area contributed by atoms with Gasteiger partial charge in [-0.25, -0.2) is 8.42 Å². The smallest absolute Gasteiger partial charge is 0.243 e. The fraction of sp³-hybridized carbons (Fsp3) is 0.400. The molecule has 152 valence electrons. The third kappa shape index (κ3) is 4.60. The SMILES string of the molecule is CC(C)C[C@@H](CO)N(Cc1ccc2c(c1)OCO2)S(=O)(=O)c1ccc(Cl)cc1. The highest BCUT2D eigenvalue weighted by Gasteiger charge is 2.32. The van der Waals surface area contributed by atoms with Crippen molar-refractivity contribution in [2.45, 2.75) is 37.8 Å². The van der Waals surface area contributed by atoms with E-state index in [1.54, 1.807) is 24.3 Å². The summed E-state index contributed by atoms with van der Waals surface area (Å²) in [6.45, 7) is 3.99. The summed E-state index contributed by atoms with van der Waals surface area (Å²) in [5.74, 6) is 1.44. The van der Waals surface area contributed by atoms with Gasteiger partial charge in [-0.3, -0.25) is 0 Å². The first-order valence-electron chi connectivity index (χ1n) is 9.08. The van der Waals surface area contributed by atoms with Crippen LogP contribution in [0.15, 0.2) is 47.4 Å². The maximum atomic E-state index is 13.4. The Morgan fingerprint density at radius 3 is 2.43 bits per heavy atom. The molecule has 1 heterocycles. The van der Waals surface area contributed by atoms with E-state index in [1.807, 2.05) is 19.9 Å². The van der Waals surface area contributed by atoms with Crippen molar-refractivity contribution >= 4 is 21.6 Å². The Morgan fingerprint density at radius 1 is 1.11 bits per heavy atom. The normalized spacial score (nSPS) is 14.6. The fourth-order valence-electron chi connectivity index (χ4n) is 3.20. The molecular weight excluding hydrogens is 402 g/mol. The minimum atomic E-state index is -3.84. The zero-order valence-corrected chi connectivity index (χ0v) is 17.4. The summed E-state index contributed by atoms with van der Waals surface area (Å²) in [6.07, 6.45) is 0.536. The predicted molar refractivity (Wildman–Crippen MR) is 107 cm³/mol. The summed E-state index contributed by atoms with van der Waals surface area (Å²) in [5, 5.41) is 10.4. The minimum absolute atomic E-state index is 0.111. The number of hydrogen-bond acceptors (Lipinski definition) is 5. The van der Waals surface area contributed by atoms with Crippen molar-refractivity contribution in [3.8, 4) is 11.5 Å². The van der Waals surface area contributed by atoms with E-state index in [1.165, 1.54) is 16.4 Å². The summed E-state index contributed by atoms with van der Waals surface area (Å²) in [4.78, 5) is 0.139. The molecule has 0 unspecified atom stereocenters. The van der Waals surface area contributed by atoms with E-state index in [4.69, 9.17) is 21.1 Å². The van der Waals surface area contributed by atoms with Crippen molar-refractivity contribution in [3.05, 3.63) is 53.1 Å². The number of benzene rings is 2. The number of nitrogens with zero attached hydrogens (tertiary/aromatic N) is 1. The largest absolute Gasteiger partial charge is 0.454 e. The maximum Gasteiger partial charge on any atom is 0.243 e. The van der Waals surface area contributed by atoms with Crippen LogP contribution in [0.3, 0.4) is 0 Å². The Morgan fingerprint density at radius 2 is 1.79 bits per heavy atom. The number of hydrogen-bond donors (Lipinski definition) is 1. The van der Waals surface area contributed by atoms with Gasteiger partial charge in [-0.2, -0.15) is 4.31 Å². The lowest BCUT2D eigenvalue weighted by atomic mass is 10.0. The Kier molecular flexibility index (Phi) is 6.50. The second kappa shape index (κ2) is 8.69. The topological polar surface area (TPSA) is 76.1 Å². The second-order valence-corrected chi connectivity index (χ2v) is 9.48. The Hall–Kier alpha value is -1.80. The van der Waals surface area contributed by atoms with Gasteiger partial charge in [0.25, 0.3) is 0 Å². The van der Waals surface area contributed by atoms with Crippen molar-refractivity contribution in [1.29, 1.82) is 0 Å². The molecular formula is C20H24ClNO5S. The van der Waals surface area contributed by atoms with E-state index in [-0.39, 0.29) is 30.8 Å². The summed E-state index contributed by atoms with van der Waals surface area (Å²) >= 11 is 5.91. The zero-order valence-electron chi connectivity index (χ0n) is 15.8. The molecule has 3 rings (SSSR count). The predicted octanol–water partition coefficient (Wildman–Crippen LogP) is 3.67. The van der Waals surface area contributed by atoms with E-state index in [9.17, 15) is 13.5 Å². The summed E-state index contributed by atoms with van der Waals surface area (Å²) in [6, 6.07) is 10.8. The number of ether oxygens (including phenoxy) is 2. The molecule has 2 aromatic carbocycles. The first-order chi connectivity index (χ1) is 13.3. The fourth-order valence-corrected chi connectivity index (χ4v) is 4.94. The monoisotopic (exact) mass is 425 g/mol. The van der Waals surface area contributed by atoms with Gasteiger partial charge in [0, 0.05) is 17.6 Å². The van der Waals surface area contributed by atoms with Crippen LogP contribution in [0.1, 0.15) is 25.8 Å². The van der Waals surface area contributed by atoms with E-state index in [0.29, 0.717) is 22.9 Å². The van der Waals surface area contributed by atoms with E-state index in [2.05, 4.69) is 0 Å². The van der Waals surface area contributed by atoms with Crippen LogP contribution in [-0.4, -0.2) is 37.3 Å². The van der Waals surface area contributed by atoms with Crippen LogP contribution < -0.4 is 9.47 Å². The van der Waals surface area contributed by atoms with Gasteiger partial charge in [0.1, 0.15) is 0 Å². The molecule has 1 atom stereocenters. The van der Waals surface area contributed by atoms with Crippen molar-refractivity contribution in [2.75, 3.05) is 13.4 Å². The lowest BCUT2D eigenvalue weighted by Crippen LogP contribution is -2.42. The molecule has 6 nitrogen and oxygen atoms in total. The minimum Gasteiger partial charge on any atom is -0.454 e. The Labute approximate surface area is 170 Å². The number of fused-ring (bicyclic) bond motifs is 1. The molecule has 28 heavy (non-hydrogen) atoms. The molecule has 0 amide bonds. The molecule has 0 aromatic heterocycles. The first-order valence-corrected chi connectivity index (χ1v) is 10.9. The quantitative estimate of drug-likeness (QED) is 0.698. The molecule has 2 aromatic rings. The van der Waals surface area contributed by atoms with E-state index < -0.39 is 16.1 Å². The van der Waals surface area contributed by atoms with Crippen LogP contribution in [0.4, 0.5) is 0 Å². The van der Waals surface area contributed by atoms with Gasteiger partial charge in [0.15, 0.2) is 11.5 Å². The van der Waals surface area contributed by atoms with Crippen molar-refractivity contribution in [3.63, 3.8) is 0 Å². The molecule has 1 aliphatic heterocycles. The lowest BCUT2D eigenvalue weighted by Gasteiger charge is -2.31. The van der Waals surface area contributed by atoms with Gasteiger partial charge in [0.05, 0.1) is 11.5 Å². The van der Waals surface area contributed by atoms with Gasteiger partial charge < -0.3 is 14.6 Å². The molecule has 0 fully saturated rings. The van der Waals surface area contributed by atoms with Gasteiger partial charge in [-0.05, 0) is 54.3 Å². The molecule has 0 bridgehead atoms. The number of aliphatic hydroxyl groups excluding tert-OH is 1. The Bertz CT molecular complexity index is 915.